The zero-order valence-corrected chi connectivity index (χ0v) is 15.4. The summed E-state index contributed by atoms with van der Waals surface area (Å²) in [5.74, 6) is -0.112. The van der Waals surface area contributed by atoms with Crippen molar-refractivity contribution >= 4 is 17.5 Å². The Morgan fingerprint density at radius 2 is 1.92 bits per heavy atom. The molecule has 2 rings (SSSR count). The monoisotopic (exact) mass is 362 g/mol. The lowest BCUT2D eigenvalue weighted by molar-refractivity contribution is -0.385. The van der Waals surface area contributed by atoms with Crippen LogP contribution in [0.5, 0.6) is 0 Å². The van der Waals surface area contributed by atoms with Crippen molar-refractivity contribution in [3.05, 3.63) is 39.4 Å². The second kappa shape index (κ2) is 9.28. The fourth-order valence-electron chi connectivity index (χ4n) is 2.95. The molecule has 0 unspecified atom stereocenters. The normalized spacial score (nSPS) is 14.9. The van der Waals surface area contributed by atoms with Gasteiger partial charge in [0.15, 0.2) is 0 Å². The molecule has 142 valence electrons. The summed E-state index contributed by atoms with van der Waals surface area (Å²) in [4.78, 5) is 38.6. The quantitative estimate of drug-likeness (QED) is 0.451. The van der Waals surface area contributed by atoms with Crippen LogP contribution >= 0.6 is 0 Å². The first-order valence-corrected chi connectivity index (χ1v) is 8.95. The second-order valence-electron chi connectivity index (χ2n) is 6.53. The molecule has 0 atom stereocenters. The maximum Gasteiger partial charge on any atom is 0.272 e. The minimum absolute atomic E-state index is 0.0143. The van der Waals surface area contributed by atoms with Crippen LogP contribution in [0.1, 0.15) is 35.7 Å². The Morgan fingerprint density at radius 3 is 2.50 bits per heavy atom. The average molecular weight is 362 g/mol. The number of hydrogen-bond acceptors (Lipinski definition) is 5. The summed E-state index contributed by atoms with van der Waals surface area (Å²) in [6.07, 6.45) is 2.02. The Hall–Kier alpha value is -2.48. The molecule has 2 amide bonds. The minimum Gasteiger partial charge on any atom is -0.355 e. The molecule has 26 heavy (non-hydrogen) atoms. The number of nitrogens with zero attached hydrogens (tertiary/aromatic N) is 3. The molecule has 0 aliphatic carbocycles. The summed E-state index contributed by atoms with van der Waals surface area (Å²) >= 11 is 0. The van der Waals surface area contributed by atoms with Gasteiger partial charge in [-0.2, -0.15) is 0 Å². The predicted molar refractivity (Wildman–Crippen MR) is 98.1 cm³/mol. The van der Waals surface area contributed by atoms with Crippen LogP contribution in [0, 0.1) is 17.0 Å². The molecule has 0 radical (unpaired) electrons. The number of amides is 2. The standard InChI is InChI=1S/C18H26N4O4/c1-3-4-7-19-17(23)13-20-8-10-21(11-9-20)18(24)15-5-6-16(22(25)26)14(2)12-15/h5-6,12H,3-4,7-11,13H2,1-2H3,(H,19,23). The molecule has 8 heteroatoms. The zero-order chi connectivity index (χ0) is 19.1. The van der Waals surface area contributed by atoms with E-state index in [-0.39, 0.29) is 17.5 Å². The number of carbonyl (C=O) groups excluding carboxylic acids is 2. The minimum atomic E-state index is -0.450. The van der Waals surface area contributed by atoms with Gasteiger partial charge >= 0.3 is 0 Å². The number of hydrogen-bond donors (Lipinski definition) is 1. The van der Waals surface area contributed by atoms with Gasteiger partial charge in [-0.15, -0.1) is 0 Å². The molecule has 1 aromatic carbocycles. The van der Waals surface area contributed by atoms with Gasteiger partial charge in [0.25, 0.3) is 11.6 Å². The molecule has 8 nitrogen and oxygen atoms in total. The van der Waals surface area contributed by atoms with Gasteiger partial charge in [-0.05, 0) is 25.5 Å². The summed E-state index contributed by atoms with van der Waals surface area (Å²) in [7, 11) is 0. The maximum atomic E-state index is 12.6. The summed E-state index contributed by atoms with van der Waals surface area (Å²) in [6, 6.07) is 4.44. The largest absolute Gasteiger partial charge is 0.355 e. The van der Waals surface area contributed by atoms with Crippen LogP contribution in [0.25, 0.3) is 0 Å². The Morgan fingerprint density at radius 1 is 1.23 bits per heavy atom. The van der Waals surface area contributed by atoms with Crippen LogP contribution in [0.3, 0.4) is 0 Å². The molecule has 0 saturated carbocycles. The Labute approximate surface area is 153 Å². The first-order valence-electron chi connectivity index (χ1n) is 8.95. The van der Waals surface area contributed by atoms with Gasteiger partial charge in [0.2, 0.25) is 5.91 Å². The number of carbonyl (C=O) groups is 2. The highest BCUT2D eigenvalue weighted by molar-refractivity contribution is 5.94. The third kappa shape index (κ3) is 5.26. The lowest BCUT2D eigenvalue weighted by Gasteiger charge is -2.34. The number of benzene rings is 1. The Bertz CT molecular complexity index is 669. The molecule has 1 N–H and O–H groups in total. The summed E-state index contributed by atoms with van der Waals surface area (Å²) < 4.78 is 0. The van der Waals surface area contributed by atoms with E-state index < -0.39 is 4.92 Å². The number of unbranched alkanes of at least 4 members (excludes halogenated alkanes) is 1. The second-order valence-corrected chi connectivity index (χ2v) is 6.53. The zero-order valence-electron chi connectivity index (χ0n) is 15.4. The fourth-order valence-corrected chi connectivity index (χ4v) is 2.95. The summed E-state index contributed by atoms with van der Waals surface area (Å²) in [6.45, 7) is 7.11. The molecule has 0 spiro atoms. The first-order chi connectivity index (χ1) is 12.4. The number of nitro groups is 1. The molecule has 1 fully saturated rings. The molecule has 1 aliphatic rings. The van der Waals surface area contributed by atoms with Crippen molar-refractivity contribution in [1.82, 2.24) is 15.1 Å². The van der Waals surface area contributed by atoms with Crippen LogP contribution in [-0.2, 0) is 4.79 Å². The van der Waals surface area contributed by atoms with Crippen LogP contribution in [-0.4, -0.2) is 65.8 Å². The van der Waals surface area contributed by atoms with Crippen molar-refractivity contribution < 1.29 is 14.5 Å². The van der Waals surface area contributed by atoms with E-state index in [1.807, 2.05) is 4.90 Å². The number of rotatable bonds is 7. The molecule has 1 aliphatic heterocycles. The lowest BCUT2D eigenvalue weighted by atomic mass is 10.1. The van der Waals surface area contributed by atoms with Crippen molar-refractivity contribution in [2.45, 2.75) is 26.7 Å². The highest BCUT2D eigenvalue weighted by atomic mass is 16.6. The highest BCUT2D eigenvalue weighted by Gasteiger charge is 2.24. The van der Waals surface area contributed by atoms with Crippen molar-refractivity contribution in [3.8, 4) is 0 Å². The van der Waals surface area contributed by atoms with Crippen LogP contribution in [0.2, 0.25) is 0 Å². The third-order valence-corrected chi connectivity index (χ3v) is 4.52. The van der Waals surface area contributed by atoms with Gasteiger partial charge in [-0.1, -0.05) is 13.3 Å². The van der Waals surface area contributed by atoms with Crippen LogP contribution < -0.4 is 5.32 Å². The van der Waals surface area contributed by atoms with Gasteiger partial charge in [0.1, 0.15) is 0 Å². The van der Waals surface area contributed by atoms with Gasteiger partial charge in [-0.3, -0.25) is 24.6 Å². The maximum absolute atomic E-state index is 12.6. The topological polar surface area (TPSA) is 95.8 Å². The number of nitrogens with one attached hydrogen (secondary N) is 1. The predicted octanol–water partition coefficient (Wildman–Crippen LogP) is 1.58. The fraction of sp³-hybridized carbons (Fsp3) is 0.556. The van der Waals surface area contributed by atoms with E-state index in [1.54, 1.807) is 17.9 Å². The third-order valence-electron chi connectivity index (χ3n) is 4.52. The smallest absolute Gasteiger partial charge is 0.272 e. The number of piperazine rings is 1. The number of aryl methyl sites for hydroxylation is 1. The molecule has 0 aromatic heterocycles. The van der Waals surface area contributed by atoms with Gasteiger partial charge in [0, 0.05) is 49.9 Å². The highest BCUT2D eigenvalue weighted by Crippen LogP contribution is 2.20. The van der Waals surface area contributed by atoms with Gasteiger partial charge < -0.3 is 10.2 Å². The van der Waals surface area contributed by atoms with E-state index in [0.717, 1.165) is 12.8 Å². The van der Waals surface area contributed by atoms with E-state index in [1.165, 1.54) is 12.1 Å². The van der Waals surface area contributed by atoms with Crippen LogP contribution in [0.15, 0.2) is 18.2 Å². The van der Waals surface area contributed by atoms with Crippen molar-refractivity contribution in [2.24, 2.45) is 0 Å². The van der Waals surface area contributed by atoms with Crippen molar-refractivity contribution in [1.29, 1.82) is 0 Å². The Kier molecular flexibility index (Phi) is 7.08. The summed E-state index contributed by atoms with van der Waals surface area (Å²) in [5, 5.41) is 13.8. The molecule has 1 saturated heterocycles. The SMILES string of the molecule is CCCCNC(=O)CN1CCN(C(=O)c2ccc([N+](=O)[O-])c(C)c2)CC1. The molecular formula is C18H26N4O4. The van der Waals surface area contributed by atoms with Gasteiger partial charge in [-0.25, -0.2) is 0 Å². The Balaban J connectivity index is 1.85. The molecular weight excluding hydrogens is 336 g/mol. The lowest BCUT2D eigenvalue weighted by Crippen LogP contribution is -2.51. The molecule has 0 bridgehead atoms. The van der Waals surface area contributed by atoms with Crippen LogP contribution in [0.4, 0.5) is 5.69 Å². The van der Waals surface area contributed by atoms with Crippen molar-refractivity contribution in [2.75, 3.05) is 39.3 Å². The van der Waals surface area contributed by atoms with E-state index >= 15 is 0 Å². The molecule has 1 heterocycles. The first kappa shape index (κ1) is 19.8. The van der Waals surface area contributed by atoms with E-state index in [9.17, 15) is 19.7 Å². The van der Waals surface area contributed by atoms with Crippen molar-refractivity contribution in [3.63, 3.8) is 0 Å². The van der Waals surface area contributed by atoms with E-state index in [0.29, 0.717) is 50.4 Å². The van der Waals surface area contributed by atoms with Gasteiger partial charge in [0.05, 0.1) is 11.5 Å². The summed E-state index contributed by atoms with van der Waals surface area (Å²) in [5.41, 5.74) is 0.947. The van der Waals surface area contributed by atoms with E-state index in [2.05, 4.69) is 12.2 Å². The average Bonchev–Trinajstić information content (AvgIpc) is 2.61. The number of nitro benzene ring substituents is 1. The molecule has 1 aromatic rings. The van der Waals surface area contributed by atoms with E-state index in [4.69, 9.17) is 0 Å².